The minimum Gasteiger partial charge on any atom is -0.481 e. The van der Waals surface area contributed by atoms with E-state index in [0.29, 0.717) is 18.8 Å². The quantitative estimate of drug-likeness (QED) is 0.677. The highest BCUT2D eigenvalue weighted by atomic mass is 16.5. The molecule has 4 heteroatoms. The number of aryl methyl sites for hydroxylation is 1. The molecule has 74 valence electrons. The third-order valence-corrected chi connectivity index (χ3v) is 2.00. The van der Waals surface area contributed by atoms with Crippen molar-refractivity contribution < 1.29 is 4.74 Å². The maximum absolute atomic E-state index is 6.75. The standard InChI is InChI=1S/C10H13N3O/c1-4-9-8(5-6-11-2)10(14-3)13-7-12-9/h7H,4-6H2,1,3H3. The lowest BCUT2D eigenvalue weighted by Gasteiger charge is -2.07. The molecule has 0 N–H and O–H groups in total. The SMILES string of the molecule is [C-]#[N+]CCc1c(CC)ncnc1OC. The van der Waals surface area contributed by atoms with Gasteiger partial charge < -0.3 is 9.58 Å². The lowest BCUT2D eigenvalue weighted by atomic mass is 10.1. The van der Waals surface area contributed by atoms with Gasteiger partial charge in [-0.15, -0.1) is 0 Å². The van der Waals surface area contributed by atoms with Gasteiger partial charge in [-0.25, -0.2) is 16.5 Å². The molecule has 4 nitrogen and oxygen atoms in total. The fourth-order valence-corrected chi connectivity index (χ4v) is 1.33. The summed E-state index contributed by atoms with van der Waals surface area (Å²) in [5.74, 6) is 0.598. The summed E-state index contributed by atoms with van der Waals surface area (Å²) in [6.45, 7) is 9.24. The van der Waals surface area contributed by atoms with Crippen LogP contribution in [0, 0.1) is 6.57 Å². The number of methoxy groups -OCH3 is 1. The van der Waals surface area contributed by atoms with E-state index in [1.165, 1.54) is 6.33 Å². The first-order valence-corrected chi connectivity index (χ1v) is 4.53. The van der Waals surface area contributed by atoms with E-state index in [9.17, 15) is 0 Å². The van der Waals surface area contributed by atoms with Crippen molar-refractivity contribution in [2.45, 2.75) is 19.8 Å². The molecule has 0 saturated heterocycles. The summed E-state index contributed by atoms with van der Waals surface area (Å²) in [5, 5.41) is 0. The number of nitrogens with zero attached hydrogens (tertiary/aromatic N) is 3. The first-order valence-electron chi connectivity index (χ1n) is 4.53. The van der Waals surface area contributed by atoms with Crippen molar-refractivity contribution in [3.05, 3.63) is 29.0 Å². The Morgan fingerprint density at radius 1 is 1.50 bits per heavy atom. The van der Waals surface area contributed by atoms with Gasteiger partial charge in [-0.1, -0.05) is 6.92 Å². The van der Waals surface area contributed by atoms with Gasteiger partial charge in [0.2, 0.25) is 12.4 Å². The molecule has 0 spiro atoms. The van der Waals surface area contributed by atoms with Crippen molar-refractivity contribution in [2.24, 2.45) is 0 Å². The number of aromatic nitrogens is 2. The molecule has 0 atom stereocenters. The molecule has 0 radical (unpaired) electrons. The maximum atomic E-state index is 6.75. The van der Waals surface area contributed by atoms with E-state index in [4.69, 9.17) is 11.3 Å². The Morgan fingerprint density at radius 3 is 2.86 bits per heavy atom. The van der Waals surface area contributed by atoms with Crippen molar-refractivity contribution in [3.8, 4) is 5.88 Å². The predicted molar refractivity (Wildman–Crippen MR) is 53.1 cm³/mol. The lowest BCUT2D eigenvalue weighted by molar-refractivity contribution is 0.390. The van der Waals surface area contributed by atoms with Crippen molar-refractivity contribution in [1.82, 2.24) is 9.97 Å². The molecule has 0 fully saturated rings. The van der Waals surface area contributed by atoms with Crippen LogP contribution in [0.1, 0.15) is 18.2 Å². The van der Waals surface area contributed by atoms with Crippen LogP contribution in [0.5, 0.6) is 5.88 Å². The van der Waals surface area contributed by atoms with Crippen LogP contribution in [0.4, 0.5) is 0 Å². The third-order valence-electron chi connectivity index (χ3n) is 2.00. The average molecular weight is 191 g/mol. The fraction of sp³-hybridized carbons (Fsp3) is 0.500. The number of hydrogen-bond donors (Lipinski definition) is 0. The minimum atomic E-state index is 0.455. The van der Waals surface area contributed by atoms with Gasteiger partial charge in [-0.2, -0.15) is 0 Å². The molecule has 0 aliphatic heterocycles. The van der Waals surface area contributed by atoms with Crippen LogP contribution in [-0.4, -0.2) is 23.6 Å². The molecule has 0 aromatic carbocycles. The van der Waals surface area contributed by atoms with Gasteiger partial charge >= 0.3 is 0 Å². The van der Waals surface area contributed by atoms with Gasteiger partial charge in [-0.05, 0) is 6.42 Å². The molecule has 1 aromatic heterocycles. The van der Waals surface area contributed by atoms with E-state index in [0.717, 1.165) is 17.7 Å². The van der Waals surface area contributed by atoms with Gasteiger partial charge in [0.25, 0.3) is 0 Å². The topological polar surface area (TPSA) is 39.4 Å². The molecule has 0 unspecified atom stereocenters. The van der Waals surface area contributed by atoms with Crippen LogP contribution in [0.15, 0.2) is 6.33 Å². The van der Waals surface area contributed by atoms with Crippen molar-refractivity contribution in [1.29, 1.82) is 0 Å². The summed E-state index contributed by atoms with van der Waals surface area (Å²) in [4.78, 5) is 11.5. The van der Waals surface area contributed by atoms with Crippen molar-refractivity contribution in [2.75, 3.05) is 13.7 Å². The van der Waals surface area contributed by atoms with E-state index < -0.39 is 0 Å². The molecule has 1 rings (SSSR count). The summed E-state index contributed by atoms with van der Waals surface area (Å²) in [7, 11) is 1.59. The number of rotatable bonds is 4. The highest BCUT2D eigenvalue weighted by molar-refractivity contribution is 5.30. The van der Waals surface area contributed by atoms with Crippen molar-refractivity contribution in [3.63, 3.8) is 0 Å². The van der Waals surface area contributed by atoms with E-state index in [1.54, 1.807) is 7.11 Å². The molecule has 1 heterocycles. The summed E-state index contributed by atoms with van der Waals surface area (Å²) in [6, 6.07) is 0. The normalized spacial score (nSPS) is 9.50. The summed E-state index contributed by atoms with van der Waals surface area (Å²) >= 11 is 0. The molecule has 0 aliphatic carbocycles. The zero-order valence-corrected chi connectivity index (χ0v) is 8.45. The molecule has 0 aliphatic rings. The van der Waals surface area contributed by atoms with E-state index in [-0.39, 0.29) is 0 Å². The van der Waals surface area contributed by atoms with Gasteiger partial charge in [0.05, 0.1) is 19.2 Å². The van der Waals surface area contributed by atoms with Crippen LogP contribution in [0.2, 0.25) is 0 Å². The molecular weight excluding hydrogens is 178 g/mol. The molecule has 0 bridgehead atoms. The van der Waals surface area contributed by atoms with E-state index >= 15 is 0 Å². The molecule has 0 amide bonds. The summed E-state index contributed by atoms with van der Waals surface area (Å²) in [6.07, 6.45) is 3.00. The zero-order valence-electron chi connectivity index (χ0n) is 8.45. The largest absolute Gasteiger partial charge is 0.481 e. The smallest absolute Gasteiger partial charge is 0.219 e. The summed E-state index contributed by atoms with van der Waals surface area (Å²) in [5.41, 5.74) is 1.94. The second-order valence-corrected chi connectivity index (χ2v) is 2.79. The Hall–Kier alpha value is -1.63. The van der Waals surface area contributed by atoms with Crippen LogP contribution >= 0.6 is 0 Å². The Morgan fingerprint density at radius 2 is 2.29 bits per heavy atom. The summed E-state index contributed by atoms with van der Waals surface area (Å²) < 4.78 is 5.13. The minimum absolute atomic E-state index is 0.455. The van der Waals surface area contributed by atoms with E-state index in [2.05, 4.69) is 14.8 Å². The van der Waals surface area contributed by atoms with Crippen LogP contribution in [0.25, 0.3) is 4.85 Å². The second kappa shape index (κ2) is 5.18. The third kappa shape index (κ3) is 2.19. The molecule has 14 heavy (non-hydrogen) atoms. The van der Waals surface area contributed by atoms with Crippen LogP contribution in [-0.2, 0) is 12.8 Å². The Kier molecular flexibility index (Phi) is 3.86. The lowest BCUT2D eigenvalue weighted by Crippen LogP contribution is -2.03. The number of hydrogen-bond acceptors (Lipinski definition) is 3. The highest BCUT2D eigenvalue weighted by Crippen LogP contribution is 2.18. The monoisotopic (exact) mass is 191 g/mol. The van der Waals surface area contributed by atoms with Gasteiger partial charge in [0.15, 0.2) is 0 Å². The average Bonchev–Trinajstić information content (AvgIpc) is 2.25. The first kappa shape index (κ1) is 10.5. The van der Waals surface area contributed by atoms with Gasteiger partial charge in [-0.3, -0.25) is 0 Å². The molecular formula is C10H13N3O. The highest BCUT2D eigenvalue weighted by Gasteiger charge is 2.11. The second-order valence-electron chi connectivity index (χ2n) is 2.79. The molecule has 1 aromatic rings. The Bertz CT molecular complexity index is 321. The van der Waals surface area contributed by atoms with Crippen LogP contribution < -0.4 is 4.74 Å². The zero-order chi connectivity index (χ0) is 10.4. The Labute approximate surface area is 83.8 Å². The molecule has 0 saturated carbocycles. The van der Waals surface area contributed by atoms with E-state index in [1.807, 2.05) is 6.92 Å². The number of ether oxygens (including phenoxy) is 1. The maximum Gasteiger partial charge on any atom is 0.219 e. The van der Waals surface area contributed by atoms with Gasteiger partial charge in [0, 0.05) is 5.56 Å². The Balaban J connectivity index is 3.00. The first-order chi connectivity index (χ1) is 6.83. The fourth-order valence-electron chi connectivity index (χ4n) is 1.33. The van der Waals surface area contributed by atoms with Crippen LogP contribution in [0.3, 0.4) is 0 Å². The predicted octanol–water partition coefficient (Wildman–Crippen LogP) is 1.51. The van der Waals surface area contributed by atoms with Gasteiger partial charge in [0.1, 0.15) is 6.33 Å². The van der Waals surface area contributed by atoms with Crippen molar-refractivity contribution >= 4 is 0 Å².